The third-order valence-electron chi connectivity index (χ3n) is 2.91. The number of rotatable bonds is 2. The quantitative estimate of drug-likeness (QED) is 0.873. The number of benzene rings is 2. The van der Waals surface area contributed by atoms with Gasteiger partial charge in [0.25, 0.3) is 5.91 Å². The molecular formula is C15H14ClNO2. The van der Waals surface area contributed by atoms with Crippen molar-refractivity contribution in [1.82, 2.24) is 0 Å². The van der Waals surface area contributed by atoms with Crippen LogP contribution >= 0.6 is 11.6 Å². The molecule has 19 heavy (non-hydrogen) atoms. The molecule has 0 atom stereocenters. The summed E-state index contributed by atoms with van der Waals surface area (Å²) in [5, 5.41) is 12.9. The van der Waals surface area contributed by atoms with Crippen molar-refractivity contribution in [3.8, 4) is 5.75 Å². The third-order valence-corrected chi connectivity index (χ3v) is 3.15. The smallest absolute Gasteiger partial charge is 0.255 e. The van der Waals surface area contributed by atoms with Gasteiger partial charge in [-0.3, -0.25) is 4.79 Å². The zero-order valence-electron chi connectivity index (χ0n) is 10.7. The summed E-state index contributed by atoms with van der Waals surface area (Å²) < 4.78 is 0. The Kier molecular flexibility index (Phi) is 3.76. The summed E-state index contributed by atoms with van der Waals surface area (Å²) in [6.07, 6.45) is 0. The van der Waals surface area contributed by atoms with Crippen LogP contribution in [0.4, 0.5) is 5.69 Å². The number of anilines is 1. The van der Waals surface area contributed by atoms with Gasteiger partial charge in [-0.15, -0.1) is 0 Å². The van der Waals surface area contributed by atoms with Crippen LogP contribution < -0.4 is 5.32 Å². The molecule has 0 aliphatic rings. The average Bonchev–Trinajstić information content (AvgIpc) is 2.36. The van der Waals surface area contributed by atoms with E-state index in [4.69, 9.17) is 11.6 Å². The van der Waals surface area contributed by atoms with Crippen LogP contribution in [0.5, 0.6) is 5.75 Å². The number of nitrogens with one attached hydrogen (secondary N) is 1. The largest absolute Gasteiger partial charge is 0.508 e. The zero-order valence-corrected chi connectivity index (χ0v) is 11.5. The molecule has 2 rings (SSSR count). The molecule has 4 heteroatoms. The number of aryl methyl sites for hydroxylation is 2. The lowest BCUT2D eigenvalue weighted by Crippen LogP contribution is -2.13. The molecule has 1 amide bonds. The highest BCUT2D eigenvalue weighted by Crippen LogP contribution is 2.22. The minimum absolute atomic E-state index is 0.153. The van der Waals surface area contributed by atoms with Crippen LogP contribution in [-0.4, -0.2) is 11.0 Å². The van der Waals surface area contributed by atoms with Crippen LogP contribution in [0.3, 0.4) is 0 Å². The predicted octanol–water partition coefficient (Wildman–Crippen LogP) is 3.91. The Hall–Kier alpha value is -2.00. The van der Waals surface area contributed by atoms with Crippen molar-refractivity contribution in [3.05, 3.63) is 58.1 Å². The Labute approximate surface area is 116 Å². The van der Waals surface area contributed by atoms with Crippen LogP contribution in [0, 0.1) is 13.8 Å². The van der Waals surface area contributed by atoms with E-state index < -0.39 is 0 Å². The van der Waals surface area contributed by atoms with E-state index in [-0.39, 0.29) is 11.7 Å². The van der Waals surface area contributed by atoms with Crippen LogP contribution in [0.15, 0.2) is 36.4 Å². The number of amides is 1. The minimum atomic E-state index is -0.247. The van der Waals surface area contributed by atoms with Gasteiger partial charge in [-0.05, 0) is 43.2 Å². The second kappa shape index (κ2) is 5.33. The fourth-order valence-corrected chi connectivity index (χ4v) is 1.90. The van der Waals surface area contributed by atoms with Gasteiger partial charge < -0.3 is 10.4 Å². The first-order valence-corrected chi connectivity index (χ1v) is 6.22. The first-order valence-electron chi connectivity index (χ1n) is 5.84. The molecule has 2 aromatic carbocycles. The molecule has 0 spiro atoms. The molecular weight excluding hydrogens is 262 g/mol. The van der Waals surface area contributed by atoms with Crippen molar-refractivity contribution in [2.45, 2.75) is 13.8 Å². The summed E-state index contributed by atoms with van der Waals surface area (Å²) in [7, 11) is 0. The molecule has 0 unspecified atom stereocenters. The normalized spacial score (nSPS) is 10.3. The van der Waals surface area contributed by atoms with Gasteiger partial charge >= 0.3 is 0 Å². The fourth-order valence-electron chi connectivity index (χ4n) is 1.72. The molecule has 98 valence electrons. The Morgan fingerprint density at radius 1 is 1.11 bits per heavy atom. The standard InChI is InChI=1S/C15H14ClNO2/c1-9-3-5-11(16)7-13(9)15(19)17-12-6-4-10(2)14(18)8-12/h3-8,18H,1-2H3,(H,17,19). The van der Waals surface area contributed by atoms with Crippen molar-refractivity contribution in [2.75, 3.05) is 5.32 Å². The van der Waals surface area contributed by atoms with E-state index in [2.05, 4.69) is 5.32 Å². The summed E-state index contributed by atoms with van der Waals surface area (Å²) in [6.45, 7) is 3.64. The molecule has 0 aliphatic heterocycles. The number of phenols is 1. The van der Waals surface area contributed by atoms with Gasteiger partial charge in [-0.1, -0.05) is 23.7 Å². The summed E-state index contributed by atoms with van der Waals surface area (Å²) in [5.74, 6) is -0.0936. The second-order valence-corrected chi connectivity index (χ2v) is 4.85. The Balaban J connectivity index is 2.25. The first kappa shape index (κ1) is 13.4. The third kappa shape index (κ3) is 3.06. The molecule has 0 radical (unpaired) electrons. The van der Waals surface area contributed by atoms with Crippen LogP contribution in [0.1, 0.15) is 21.5 Å². The van der Waals surface area contributed by atoms with E-state index in [1.807, 2.05) is 6.92 Å². The molecule has 3 nitrogen and oxygen atoms in total. The maximum absolute atomic E-state index is 12.1. The average molecular weight is 276 g/mol. The lowest BCUT2D eigenvalue weighted by molar-refractivity contribution is 0.102. The summed E-state index contributed by atoms with van der Waals surface area (Å²) in [4.78, 5) is 12.1. The molecule has 0 saturated heterocycles. The minimum Gasteiger partial charge on any atom is -0.508 e. The van der Waals surface area contributed by atoms with E-state index in [0.29, 0.717) is 16.3 Å². The number of halogens is 1. The molecule has 0 aromatic heterocycles. The van der Waals surface area contributed by atoms with Crippen LogP contribution in [0.25, 0.3) is 0 Å². The Bertz CT molecular complexity index is 638. The van der Waals surface area contributed by atoms with Crippen molar-refractivity contribution >= 4 is 23.2 Å². The van der Waals surface area contributed by atoms with Gasteiger partial charge in [-0.2, -0.15) is 0 Å². The van der Waals surface area contributed by atoms with Crippen LogP contribution in [-0.2, 0) is 0 Å². The number of carbonyl (C=O) groups is 1. The van der Waals surface area contributed by atoms with E-state index in [1.54, 1.807) is 37.3 Å². The fraction of sp³-hybridized carbons (Fsp3) is 0.133. The second-order valence-electron chi connectivity index (χ2n) is 4.41. The molecule has 2 aromatic rings. The molecule has 2 N–H and O–H groups in total. The topological polar surface area (TPSA) is 49.3 Å². The molecule has 0 fully saturated rings. The molecule has 0 bridgehead atoms. The highest BCUT2D eigenvalue weighted by molar-refractivity contribution is 6.31. The maximum atomic E-state index is 12.1. The van der Waals surface area contributed by atoms with Crippen LogP contribution in [0.2, 0.25) is 5.02 Å². The highest BCUT2D eigenvalue weighted by atomic mass is 35.5. The SMILES string of the molecule is Cc1ccc(NC(=O)c2cc(Cl)ccc2C)cc1O. The summed E-state index contributed by atoms with van der Waals surface area (Å²) in [6, 6.07) is 10.2. The number of hydrogen-bond acceptors (Lipinski definition) is 2. The Morgan fingerprint density at radius 2 is 1.79 bits per heavy atom. The maximum Gasteiger partial charge on any atom is 0.255 e. The van der Waals surface area contributed by atoms with Gasteiger partial charge in [0.05, 0.1) is 0 Å². The molecule has 0 saturated carbocycles. The van der Waals surface area contributed by atoms with E-state index in [0.717, 1.165) is 11.1 Å². The highest BCUT2D eigenvalue weighted by Gasteiger charge is 2.10. The number of aromatic hydroxyl groups is 1. The predicted molar refractivity (Wildman–Crippen MR) is 77.0 cm³/mol. The van der Waals surface area contributed by atoms with Gasteiger partial charge in [0.2, 0.25) is 0 Å². The summed E-state index contributed by atoms with van der Waals surface area (Å²) >= 11 is 5.89. The zero-order chi connectivity index (χ0) is 14.0. The van der Waals surface area contributed by atoms with Crippen molar-refractivity contribution in [3.63, 3.8) is 0 Å². The van der Waals surface area contributed by atoms with Crippen molar-refractivity contribution in [1.29, 1.82) is 0 Å². The van der Waals surface area contributed by atoms with E-state index in [1.165, 1.54) is 6.07 Å². The number of hydrogen-bond donors (Lipinski definition) is 2. The van der Waals surface area contributed by atoms with Gasteiger partial charge in [-0.25, -0.2) is 0 Å². The van der Waals surface area contributed by atoms with Gasteiger partial charge in [0.1, 0.15) is 5.75 Å². The number of phenolic OH excluding ortho intramolecular Hbond substituents is 1. The Morgan fingerprint density at radius 3 is 2.47 bits per heavy atom. The lowest BCUT2D eigenvalue weighted by atomic mass is 10.1. The van der Waals surface area contributed by atoms with Crippen molar-refractivity contribution in [2.24, 2.45) is 0 Å². The lowest BCUT2D eigenvalue weighted by Gasteiger charge is -2.09. The van der Waals surface area contributed by atoms with Gasteiger partial charge in [0.15, 0.2) is 0 Å². The van der Waals surface area contributed by atoms with Crippen molar-refractivity contribution < 1.29 is 9.90 Å². The van der Waals surface area contributed by atoms with Gasteiger partial charge in [0, 0.05) is 22.3 Å². The monoisotopic (exact) mass is 275 g/mol. The molecule has 0 aliphatic carbocycles. The summed E-state index contributed by atoms with van der Waals surface area (Å²) in [5.41, 5.74) is 2.68. The molecule has 0 heterocycles. The number of carbonyl (C=O) groups excluding carboxylic acids is 1. The van der Waals surface area contributed by atoms with E-state index in [9.17, 15) is 9.90 Å². The van der Waals surface area contributed by atoms with E-state index >= 15 is 0 Å². The first-order chi connectivity index (χ1) is 8.97.